The minimum atomic E-state index is 0.498. The minimum absolute atomic E-state index is 0.498. The second-order valence-corrected chi connectivity index (χ2v) is 6.56. The van der Waals surface area contributed by atoms with Gasteiger partial charge in [-0.2, -0.15) is 0 Å². The van der Waals surface area contributed by atoms with Gasteiger partial charge in [0.1, 0.15) is 6.61 Å². The zero-order valence-electron chi connectivity index (χ0n) is 14.3. The fraction of sp³-hybridized carbons (Fsp3) is 0.143. The Kier molecular flexibility index (Phi) is 6.26. The van der Waals surface area contributed by atoms with Crippen molar-refractivity contribution in [2.75, 3.05) is 12.4 Å². The quantitative estimate of drug-likeness (QED) is 0.523. The molecule has 0 aliphatic heterocycles. The topological polar surface area (TPSA) is 30.5 Å². The average molecular weight is 388 g/mol. The number of anilines is 1. The molecule has 0 bridgehead atoms. The summed E-state index contributed by atoms with van der Waals surface area (Å²) in [5, 5.41) is 4.39. The fourth-order valence-corrected chi connectivity index (χ4v) is 2.78. The van der Waals surface area contributed by atoms with Crippen molar-refractivity contribution >= 4 is 28.9 Å². The van der Waals surface area contributed by atoms with Gasteiger partial charge in [-0.3, -0.25) is 0 Å². The Hall–Kier alpha value is -2.36. The number of methoxy groups -OCH3 is 1. The molecule has 0 saturated carbocycles. The van der Waals surface area contributed by atoms with Crippen LogP contribution in [-0.4, -0.2) is 7.11 Å². The Morgan fingerprint density at radius 2 is 1.62 bits per heavy atom. The Morgan fingerprint density at radius 1 is 0.808 bits per heavy atom. The lowest BCUT2D eigenvalue weighted by Crippen LogP contribution is -2.02. The van der Waals surface area contributed by atoms with E-state index in [-0.39, 0.29) is 0 Å². The van der Waals surface area contributed by atoms with Crippen LogP contribution in [-0.2, 0) is 13.2 Å². The molecule has 3 rings (SSSR count). The van der Waals surface area contributed by atoms with E-state index in [0.717, 1.165) is 22.6 Å². The first-order chi connectivity index (χ1) is 12.7. The van der Waals surface area contributed by atoms with Crippen molar-refractivity contribution in [3.8, 4) is 11.5 Å². The maximum Gasteiger partial charge on any atom is 0.161 e. The zero-order chi connectivity index (χ0) is 18.4. The van der Waals surface area contributed by atoms with Crippen molar-refractivity contribution in [3.05, 3.63) is 87.9 Å². The molecule has 3 aromatic rings. The molecule has 0 aromatic heterocycles. The van der Waals surface area contributed by atoms with E-state index >= 15 is 0 Å². The molecule has 0 fully saturated rings. The lowest BCUT2D eigenvalue weighted by molar-refractivity contribution is 0.284. The van der Waals surface area contributed by atoms with Crippen molar-refractivity contribution in [2.45, 2.75) is 13.2 Å². The van der Waals surface area contributed by atoms with Crippen LogP contribution in [0.1, 0.15) is 11.1 Å². The summed E-state index contributed by atoms with van der Waals surface area (Å²) >= 11 is 12.0. The second kappa shape index (κ2) is 8.84. The van der Waals surface area contributed by atoms with Crippen LogP contribution >= 0.6 is 23.2 Å². The van der Waals surface area contributed by atoms with Gasteiger partial charge in [0.2, 0.25) is 0 Å². The molecule has 26 heavy (non-hydrogen) atoms. The fourth-order valence-electron chi connectivity index (χ4n) is 2.49. The van der Waals surface area contributed by atoms with Crippen LogP contribution in [0, 0.1) is 0 Å². The predicted molar refractivity (Wildman–Crippen MR) is 108 cm³/mol. The van der Waals surface area contributed by atoms with E-state index < -0.39 is 0 Å². The van der Waals surface area contributed by atoms with Crippen molar-refractivity contribution in [2.24, 2.45) is 0 Å². The van der Waals surface area contributed by atoms with Gasteiger partial charge in [0.05, 0.1) is 17.2 Å². The van der Waals surface area contributed by atoms with Crippen molar-refractivity contribution in [3.63, 3.8) is 0 Å². The van der Waals surface area contributed by atoms with Crippen LogP contribution < -0.4 is 14.8 Å². The Morgan fingerprint density at radius 3 is 2.35 bits per heavy atom. The first kappa shape index (κ1) is 18.4. The third kappa shape index (κ3) is 4.84. The van der Waals surface area contributed by atoms with Crippen LogP contribution in [0.3, 0.4) is 0 Å². The lowest BCUT2D eigenvalue weighted by Gasteiger charge is -2.13. The van der Waals surface area contributed by atoms with Gasteiger partial charge in [-0.05, 0) is 41.5 Å². The summed E-state index contributed by atoms with van der Waals surface area (Å²) < 4.78 is 11.4. The molecule has 0 radical (unpaired) electrons. The van der Waals surface area contributed by atoms with Gasteiger partial charge in [0.25, 0.3) is 0 Å². The van der Waals surface area contributed by atoms with E-state index in [9.17, 15) is 0 Å². The van der Waals surface area contributed by atoms with Gasteiger partial charge in [0, 0.05) is 12.2 Å². The Labute approximate surface area is 163 Å². The Bertz CT molecular complexity index is 869. The van der Waals surface area contributed by atoms with E-state index in [1.165, 1.54) is 0 Å². The third-order valence-corrected chi connectivity index (χ3v) is 4.62. The average Bonchev–Trinajstić information content (AvgIpc) is 2.68. The largest absolute Gasteiger partial charge is 0.493 e. The highest BCUT2D eigenvalue weighted by atomic mass is 35.5. The summed E-state index contributed by atoms with van der Waals surface area (Å²) in [7, 11) is 1.64. The summed E-state index contributed by atoms with van der Waals surface area (Å²) in [6, 6.07) is 21.4. The number of benzene rings is 3. The van der Waals surface area contributed by atoms with E-state index in [0.29, 0.717) is 28.9 Å². The van der Waals surface area contributed by atoms with Gasteiger partial charge in [-0.15, -0.1) is 0 Å². The molecular formula is C21H19Cl2NO2. The number of ether oxygens (including phenoxy) is 2. The molecule has 5 heteroatoms. The zero-order valence-corrected chi connectivity index (χ0v) is 15.8. The molecule has 0 heterocycles. The summed E-state index contributed by atoms with van der Waals surface area (Å²) in [4.78, 5) is 0. The molecule has 0 aliphatic carbocycles. The smallest absolute Gasteiger partial charge is 0.161 e. The van der Waals surface area contributed by atoms with Gasteiger partial charge in [-0.25, -0.2) is 0 Å². The van der Waals surface area contributed by atoms with Crippen molar-refractivity contribution < 1.29 is 9.47 Å². The molecule has 1 N–H and O–H groups in total. The standard InChI is InChI=1S/C21H19Cl2NO2/c1-25-21-11-16(13-24-17-8-9-18(22)19(23)12-17)7-10-20(21)26-14-15-5-3-2-4-6-15/h2-12,24H,13-14H2,1H3. The van der Waals surface area contributed by atoms with Gasteiger partial charge in [-0.1, -0.05) is 59.6 Å². The maximum atomic E-state index is 6.04. The van der Waals surface area contributed by atoms with E-state index in [1.54, 1.807) is 19.2 Å². The molecule has 0 unspecified atom stereocenters. The number of nitrogens with one attached hydrogen (secondary N) is 1. The van der Waals surface area contributed by atoms with Gasteiger partial charge < -0.3 is 14.8 Å². The van der Waals surface area contributed by atoms with Crippen LogP contribution in [0.4, 0.5) is 5.69 Å². The summed E-state index contributed by atoms with van der Waals surface area (Å²) in [5.74, 6) is 1.42. The molecular weight excluding hydrogens is 369 g/mol. The minimum Gasteiger partial charge on any atom is -0.493 e. The molecule has 134 valence electrons. The summed E-state index contributed by atoms with van der Waals surface area (Å²) in [5.41, 5.74) is 3.09. The summed E-state index contributed by atoms with van der Waals surface area (Å²) in [6.45, 7) is 1.13. The first-order valence-electron chi connectivity index (χ1n) is 8.18. The predicted octanol–water partition coefficient (Wildman–Crippen LogP) is 6.19. The van der Waals surface area contributed by atoms with Gasteiger partial charge in [0.15, 0.2) is 11.5 Å². The molecule has 0 spiro atoms. The van der Waals surface area contributed by atoms with Crippen molar-refractivity contribution in [1.29, 1.82) is 0 Å². The lowest BCUT2D eigenvalue weighted by atomic mass is 10.2. The monoisotopic (exact) mass is 387 g/mol. The number of hydrogen-bond acceptors (Lipinski definition) is 3. The molecule has 3 aromatic carbocycles. The normalized spacial score (nSPS) is 10.4. The first-order valence-corrected chi connectivity index (χ1v) is 8.94. The maximum absolute atomic E-state index is 6.04. The van der Waals surface area contributed by atoms with E-state index in [4.69, 9.17) is 32.7 Å². The molecule has 0 amide bonds. The van der Waals surface area contributed by atoms with E-state index in [2.05, 4.69) is 5.32 Å². The van der Waals surface area contributed by atoms with Crippen LogP contribution in [0.2, 0.25) is 10.0 Å². The highest BCUT2D eigenvalue weighted by Gasteiger charge is 2.07. The van der Waals surface area contributed by atoms with Crippen LogP contribution in [0.15, 0.2) is 66.7 Å². The summed E-state index contributed by atoms with van der Waals surface area (Å²) in [6.07, 6.45) is 0. The van der Waals surface area contributed by atoms with E-state index in [1.807, 2.05) is 54.6 Å². The number of hydrogen-bond donors (Lipinski definition) is 1. The highest BCUT2D eigenvalue weighted by molar-refractivity contribution is 6.42. The van der Waals surface area contributed by atoms with Crippen LogP contribution in [0.5, 0.6) is 11.5 Å². The van der Waals surface area contributed by atoms with Crippen LogP contribution in [0.25, 0.3) is 0 Å². The highest BCUT2D eigenvalue weighted by Crippen LogP contribution is 2.30. The number of halogens is 2. The second-order valence-electron chi connectivity index (χ2n) is 5.74. The van der Waals surface area contributed by atoms with Gasteiger partial charge >= 0.3 is 0 Å². The van der Waals surface area contributed by atoms with Crippen molar-refractivity contribution in [1.82, 2.24) is 0 Å². The SMILES string of the molecule is COc1cc(CNc2ccc(Cl)c(Cl)c2)ccc1OCc1ccccc1. The molecule has 0 aliphatic rings. The Balaban J connectivity index is 1.65. The molecule has 0 saturated heterocycles. The number of rotatable bonds is 7. The molecule has 3 nitrogen and oxygen atoms in total. The third-order valence-electron chi connectivity index (χ3n) is 3.88. The molecule has 0 atom stereocenters.